The van der Waals surface area contributed by atoms with E-state index in [1.54, 1.807) is 14.0 Å². The highest BCUT2D eigenvalue weighted by molar-refractivity contribution is 7.20. The molecule has 0 N–H and O–H groups in total. The van der Waals surface area contributed by atoms with Gasteiger partial charge in [-0.25, -0.2) is 4.98 Å². The molecule has 1 saturated heterocycles. The Morgan fingerprint density at radius 1 is 1.14 bits per heavy atom. The summed E-state index contributed by atoms with van der Waals surface area (Å²) in [6.45, 7) is 6.88. The van der Waals surface area contributed by atoms with E-state index >= 15 is 0 Å². The van der Waals surface area contributed by atoms with Gasteiger partial charge in [0.15, 0.2) is 0 Å². The quantitative estimate of drug-likeness (QED) is 0.786. The maximum Gasteiger partial charge on any atom is 0.264 e. The van der Waals surface area contributed by atoms with Crippen molar-refractivity contribution < 1.29 is 4.79 Å². The summed E-state index contributed by atoms with van der Waals surface area (Å²) < 4.78 is 1.53. The molecule has 0 aromatic carbocycles. The van der Waals surface area contributed by atoms with Crippen molar-refractivity contribution in [2.75, 3.05) is 33.2 Å². The van der Waals surface area contributed by atoms with Crippen molar-refractivity contribution in [3.63, 3.8) is 0 Å². The largest absolute Gasteiger partial charge is 0.335 e. The van der Waals surface area contributed by atoms with Crippen molar-refractivity contribution in [2.24, 2.45) is 7.05 Å². The first kappa shape index (κ1) is 15.2. The number of hydrogen-bond donors (Lipinski definition) is 0. The van der Waals surface area contributed by atoms with Crippen molar-refractivity contribution in [1.29, 1.82) is 0 Å². The van der Waals surface area contributed by atoms with Gasteiger partial charge in [-0.15, -0.1) is 11.3 Å². The smallest absolute Gasteiger partial charge is 0.264 e. The second-order valence-electron chi connectivity index (χ2n) is 5.86. The van der Waals surface area contributed by atoms with Gasteiger partial charge in [0.1, 0.15) is 10.7 Å². The molecule has 2 aromatic rings. The van der Waals surface area contributed by atoms with Crippen molar-refractivity contribution in [3.8, 4) is 0 Å². The van der Waals surface area contributed by atoms with Gasteiger partial charge in [0, 0.05) is 33.2 Å². The molecule has 1 amide bonds. The van der Waals surface area contributed by atoms with Crippen LogP contribution in [0.4, 0.5) is 0 Å². The van der Waals surface area contributed by atoms with Gasteiger partial charge < -0.3 is 9.80 Å². The van der Waals surface area contributed by atoms with Gasteiger partial charge in [-0.05, 0) is 26.5 Å². The molecular formula is C15H20N4O2S. The van der Waals surface area contributed by atoms with E-state index in [1.165, 1.54) is 15.9 Å². The fourth-order valence-corrected chi connectivity index (χ4v) is 3.91. The number of carbonyl (C=O) groups is 1. The number of amides is 1. The van der Waals surface area contributed by atoms with E-state index in [0.29, 0.717) is 20.9 Å². The van der Waals surface area contributed by atoms with Crippen LogP contribution in [0.15, 0.2) is 4.79 Å². The molecule has 0 unspecified atom stereocenters. The average molecular weight is 320 g/mol. The lowest BCUT2D eigenvalue weighted by molar-refractivity contribution is 0.0668. The average Bonchev–Trinajstić information content (AvgIpc) is 2.82. The Morgan fingerprint density at radius 3 is 2.41 bits per heavy atom. The summed E-state index contributed by atoms with van der Waals surface area (Å²) in [5.74, 6) is 0.686. The van der Waals surface area contributed by atoms with Crippen molar-refractivity contribution in [3.05, 3.63) is 26.6 Å². The molecule has 1 aliphatic rings. The minimum Gasteiger partial charge on any atom is -0.335 e. The lowest BCUT2D eigenvalue weighted by atomic mass is 10.2. The molecule has 7 heteroatoms. The van der Waals surface area contributed by atoms with Crippen LogP contribution in [-0.2, 0) is 7.05 Å². The number of aryl methyl sites for hydroxylation is 2. The maximum atomic E-state index is 12.8. The van der Waals surface area contributed by atoms with E-state index in [4.69, 9.17) is 0 Å². The third-order valence-electron chi connectivity index (χ3n) is 4.38. The fourth-order valence-electron chi connectivity index (χ4n) is 2.72. The van der Waals surface area contributed by atoms with E-state index in [-0.39, 0.29) is 11.5 Å². The molecule has 118 valence electrons. The highest BCUT2D eigenvalue weighted by Gasteiger charge is 2.25. The van der Waals surface area contributed by atoms with E-state index in [2.05, 4.69) is 16.9 Å². The molecule has 2 aromatic heterocycles. The van der Waals surface area contributed by atoms with Crippen LogP contribution in [0.2, 0.25) is 0 Å². The van der Waals surface area contributed by atoms with Gasteiger partial charge in [0.2, 0.25) is 0 Å². The number of likely N-dealkylation sites (N-methyl/N-ethyl adjacent to an activating group) is 1. The molecule has 3 heterocycles. The summed E-state index contributed by atoms with van der Waals surface area (Å²) in [6, 6.07) is 0. The molecular weight excluding hydrogens is 300 g/mol. The summed E-state index contributed by atoms with van der Waals surface area (Å²) in [4.78, 5) is 35.0. The summed E-state index contributed by atoms with van der Waals surface area (Å²) >= 11 is 1.33. The van der Waals surface area contributed by atoms with E-state index in [1.807, 2.05) is 11.8 Å². The monoisotopic (exact) mass is 320 g/mol. The van der Waals surface area contributed by atoms with E-state index < -0.39 is 0 Å². The number of nitrogens with zero attached hydrogens (tertiary/aromatic N) is 4. The predicted molar refractivity (Wildman–Crippen MR) is 87.7 cm³/mol. The van der Waals surface area contributed by atoms with E-state index in [9.17, 15) is 9.59 Å². The fraction of sp³-hybridized carbons (Fsp3) is 0.533. The van der Waals surface area contributed by atoms with Gasteiger partial charge in [0.05, 0.1) is 10.3 Å². The zero-order valence-corrected chi connectivity index (χ0v) is 14.2. The zero-order valence-electron chi connectivity index (χ0n) is 13.3. The van der Waals surface area contributed by atoms with Crippen LogP contribution in [-0.4, -0.2) is 58.5 Å². The molecule has 3 rings (SSSR count). The Labute approximate surface area is 133 Å². The number of carbonyl (C=O) groups excluding carboxylic acids is 1. The van der Waals surface area contributed by atoms with Gasteiger partial charge in [-0.2, -0.15) is 0 Å². The Hall–Kier alpha value is -1.73. The molecule has 6 nitrogen and oxygen atoms in total. The Bertz CT molecular complexity index is 800. The van der Waals surface area contributed by atoms with Crippen LogP contribution in [0.25, 0.3) is 10.2 Å². The van der Waals surface area contributed by atoms with Crippen molar-refractivity contribution in [1.82, 2.24) is 19.4 Å². The summed E-state index contributed by atoms with van der Waals surface area (Å²) in [5.41, 5.74) is 0.686. The van der Waals surface area contributed by atoms with Crippen molar-refractivity contribution >= 4 is 27.5 Å². The SMILES string of the molecule is Cc1c(C(=O)N2CCN(C)CC2)sc2nc(C)n(C)c(=O)c12. The lowest BCUT2D eigenvalue weighted by Gasteiger charge is -2.32. The van der Waals surface area contributed by atoms with Gasteiger partial charge in [0.25, 0.3) is 11.5 Å². The molecule has 0 bridgehead atoms. The number of thiophene rings is 1. The first-order valence-electron chi connectivity index (χ1n) is 7.34. The topological polar surface area (TPSA) is 58.4 Å². The molecule has 0 aliphatic carbocycles. The molecule has 0 spiro atoms. The molecule has 1 aliphatic heterocycles. The summed E-state index contributed by atoms with van der Waals surface area (Å²) in [7, 11) is 3.77. The maximum absolute atomic E-state index is 12.8. The number of hydrogen-bond acceptors (Lipinski definition) is 5. The van der Waals surface area contributed by atoms with Crippen molar-refractivity contribution in [2.45, 2.75) is 13.8 Å². The Kier molecular flexibility index (Phi) is 3.78. The Balaban J connectivity index is 2.05. The zero-order chi connectivity index (χ0) is 16.0. The van der Waals surface area contributed by atoms with Crippen LogP contribution < -0.4 is 5.56 Å². The van der Waals surface area contributed by atoms with E-state index in [0.717, 1.165) is 31.7 Å². The highest BCUT2D eigenvalue weighted by atomic mass is 32.1. The van der Waals surface area contributed by atoms with Gasteiger partial charge in [-0.1, -0.05) is 0 Å². The molecule has 0 atom stereocenters. The summed E-state index contributed by atoms with van der Waals surface area (Å²) in [6.07, 6.45) is 0. The number of aromatic nitrogens is 2. The van der Waals surface area contributed by atoms with Gasteiger partial charge in [-0.3, -0.25) is 14.2 Å². The standard InChI is InChI=1S/C15H20N4O2S/c1-9-11-13(16-10(2)18(4)14(11)20)22-12(9)15(21)19-7-5-17(3)6-8-19/h5-8H2,1-4H3. The number of piperazine rings is 1. The van der Waals surface area contributed by atoms with Crippen LogP contribution in [0.3, 0.4) is 0 Å². The molecule has 0 radical (unpaired) electrons. The predicted octanol–water partition coefficient (Wildman–Crippen LogP) is 0.999. The normalized spacial score (nSPS) is 16.5. The first-order chi connectivity index (χ1) is 10.4. The van der Waals surface area contributed by atoms with Crippen LogP contribution in [0.5, 0.6) is 0 Å². The molecule has 0 saturated carbocycles. The Morgan fingerprint density at radius 2 is 1.77 bits per heavy atom. The minimum absolute atomic E-state index is 0.0216. The minimum atomic E-state index is -0.0753. The molecule has 1 fully saturated rings. The third kappa shape index (κ3) is 2.34. The number of rotatable bonds is 1. The van der Waals surface area contributed by atoms with Crippen LogP contribution in [0, 0.1) is 13.8 Å². The lowest BCUT2D eigenvalue weighted by Crippen LogP contribution is -2.47. The third-order valence-corrected chi connectivity index (χ3v) is 5.55. The highest BCUT2D eigenvalue weighted by Crippen LogP contribution is 2.28. The second kappa shape index (κ2) is 5.48. The van der Waals surface area contributed by atoms with Crippen LogP contribution >= 0.6 is 11.3 Å². The number of fused-ring (bicyclic) bond motifs is 1. The molecule has 22 heavy (non-hydrogen) atoms. The van der Waals surface area contributed by atoms with Crippen LogP contribution in [0.1, 0.15) is 21.1 Å². The summed E-state index contributed by atoms with van der Waals surface area (Å²) in [5, 5.41) is 0.579. The van der Waals surface area contributed by atoms with Gasteiger partial charge >= 0.3 is 0 Å². The first-order valence-corrected chi connectivity index (χ1v) is 8.16. The second-order valence-corrected chi connectivity index (χ2v) is 6.85.